The Balaban J connectivity index is 1.34. The molecule has 0 unspecified atom stereocenters. The van der Waals surface area contributed by atoms with Gasteiger partial charge in [-0.15, -0.1) is 0 Å². The van der Waals surface area contributed by atoms with Gasteiger partial charge in [0.25, 0.3) is 5.91 Å². The van der Waals surface area contributed by atoms with Gasteiger partial charge >= 0.3 is 6.18 Å². The number of alkyl halides is 3. The van der Waals surface area contributed by atoms with Gasteiger partial charge in [-0.1, -0.05) is 6.07 Å². The normalized spacial score (nSPS) is 14.5. The number of hydrogen-bond donors (Lipinski definition) is 1. The van der Waals surface area contributed by atoms with Gasteiger partial charge in [0.1, 0.15) is 11.5 Å². The van der Waals surface area contributed by atoms with Gasteiger partial charge in [0, 0.05) is 55.4 Å². The van der Waals surface area contributed by atoms with E-state index in [1.54, 1.807) is 18.2 Å². The zero-order valence-electron chi connectivity index (χ0n) is 20.0. The first-order valence-electron chi connectivity index (χ1n) is 11.7. The largest absolute Gasteiger partial charge is 0.433 e. The summed E-state index contributed by atoms with van der Waals surface area (Å²) in [5, 5.41) is 6.85. The van der Waals surface area contributed by atoms with Crippen LogP contribution in [0.1, 0.15) is 16.1 Å². The number of carbonyl (C=O) groups is 1. The average Bonchev–Trinajstić information content (AvgIpc) is 3.37. The number of halogens is 3. The van der Waals surface area contributed by atoms with Gasteiger partial charge in [-0.2, -0.15) is 18.3 Å². The molecule has 1 aromatic carbocycles. The summed E-state index contributed by atoms with van der Waals surface area (Å²) in [6.07, 6.45) is -0.409. The molecule has 0 aliphatic carbocycles. The lowest BCUT2D eigenvalue weighted by atomic mass is 10.1. The van der Waals surface area contributed by atoms with Crippen LogP contribution in [0.2, 0.25) is 0 Å². The number of nitrogens with zero attached hydrogens (tertiary/aromatic N) is 6. The third-order valence-electron chi connectivity index (χ3n) is 6.17. The Bertz CT molecular complexity index is 1380. The van der Waals surface area contributed by atoms with E-state index >= 15 is 0 Å². The minimum absolute atomic E-state index is 0.109. The zero-order chi connectivity index (χ0) is 26.0. The highest BCUT2D eigenvalue weighted by Crippen LogP contribution is 2.34. The van der Waals surface area contributed by atoms with Crippen molar-refractivity contribution in [3.05, 3.63) is 84.4 Å². The van der Waals surface area contributed by atoms with Crippen molar-refractivity contribution in [1.29, 1.82) is 0 Å². The summed E-state index contributed by atoms with van der Waals surface area (Å²) in [6, 6.07) is 14.4. The lowest BCUT2D eigenvalue weighted by molar-refractivity contribution is -0.142. The molecule has 5 rings (SSSR count). The number of rotatable bonds is 5. The summed E-state index contributed by atoms with van der Waals surface area (Å²) in [5.41, 5.74) is 1.20. The van der Waals surface area contributed by atoms with Gasteiger partial charge in [0.05, 0.1) is 17.6 Å². The van der Waals surface area contributed by atoms with Crippen molar-refractivity contribution in [2.24, 2.45) is 0 Å². The maximum atomic E-state index is 13.7. The molecule has 0 atom stereocenters. The molecule has 0 saturated carbocycles. The molecule has 0 radical (unpaired) electrons. The number of likely N-dealkylation sites (N-methyl/N-ethyl adjacent to an activating group) is 1. The minimum atomic E-state index is -4.63. The summed E-state index contributed by atoms with van der Waals surface area (Å²) in [7, 11) is 2.08. The van der Waals surface area contributed by atoms with Crippen LogP contribution in [0.5, 0.6) is 0 Å². The molecule has 0 spiro atoms. The van der Waals surface area contributed by atoms with E-state index in [9.17, 15) is 18.0 Å². The van der Waals surface area contributed by atoms with Crippen molar-refractivity contribution in [3.63, 3.8) is 0 Å². The van der Waals surface area contributed by atoms with E-state index < -0.39 is 11.9 Å². The van der Waals surface area contributed by atoms with Gasteiger partial charge in [0.2, 0.25) is 0 Å². The second-order valence-corrected chi connectivity index (χ2v) is 8.76. The number of carbonyl (C=O) groups excluding carboxylic acids is 1. The topological polar surface area (TPSA) is 79.2 Å². The van der Waals surface area contributed by atoms with Crippen LogP contribution in [0.3, 0.4) is 0 Å². The predicted molar refractivity (Wildman–Crippen MR) is 134 cm³/mol. The first-order chi connectivity index (χ1) is 17.8. The standard InChI is InChI=1S/C26H24F3N7O/c1-34-10-12-35(13-11-34)20-6-2-4-18(14-20)25(37)32-24-8-7-21(17-31-24)36-23(26(27,28)29)15-22(33-36)19-5-3-9-30-16-19/h2-9,14-17H,10-13H2,1H3,(H,31,32,37). The highest BCUT2D eigenvalue weighted by Gasteiger charge is 2.36. The third-order valence-corrected chi connectivity index (χ3v) is 6.17. The monoisotopic (exact) mass is 507 g/mol. The lowest BCUT2D eigenvalue weighted by Gasteiger charge is -2.34. The fraction of sp³-hybridized carbons (Fsp3) is 0.231. The predicted octanol–water partition coefficient (Wildman–Crippen LogP) is 4.35. The molecule has 3 aromatic heterocycles. The molecule has 1 saturated heterocycles. The van der Waals surface area contributed by atoms with Crippen LogP contribution in [-0.4, -0.2) is 63.8 Å². The minimum Gasteiger partial charge on any atom is -0.369 e. The molecule has 8 nitrogen and oxygen atoms in total. The number of piperazine rings is 1. The maximum Gasteiger partial charge on any atom is 0.433 e. The van der Waals surface area contributed by atoms with Gasteiger partial charge < -0.3 is 15.1 Å². The quantitative estimate of drug-likeness (QED) is 0.433. The number of nitrogens with one attached hydrogen (secondary N) is 1. The maximum absolute atomic E-state index is 13.7. The smallest absolute Gasteiger partial charge is 0.369 e. The fourth-order valence-corrected chi connectivity index (χ4v) is 4.12. The number of hydrogen-bond acceptors (Lipinski definition) is 6. The van der Waals surface area contributed by atoms with E-state index in [0.717, 1.165) is 42.6 Å². The van der Waals surface area contributed by atoms with E-state index in [0.29, 0.717) is 11.1 Å². The van der Waals surface area contributed by atoms with Gasteiger partial charge in [-0.3, -0.25) is 9.78 Å². The Morgan fingerprint density at radius 3 is 2.43 bits per heavy atom. The fourth-order valence-electron chi connectivity index (χ4n) is 4.12. The molecule has 1 aliphatic rings. The second kappa shape index (κ2) is 10.0. The van der Waals surface area contributed by atoms with Crippen molar-refractivity contribution in [1.82, 2.24) is 24.6 Å². The molecular formula is C26H24F3N7O. The average molecular weight is 508 g/mol. The van der Waals surface area contributed by atoms with Crippen LogP contribution in [0.4, 0.5) is 24.7 Å². The number of pyridine rings is 2. The summed E-state index contributed by atoms with van der Waals surface area (Å²) in [5.74, 6) is -0.142. The van der Waals surface area contributed by atoms with Crippen LogP contribution in [0.15, 0.2) is 73.2 Å². The second-order valence-electron chi connectivity index (χ2n) is 8.76. The number of benzene rings is 1. The van der Waals surface area contributed by atoms with E-state index in [-0.39, 0.29) is 23.1 Å². The molecule has 11 heteroatoms. The van der Waals surface area contributed by atoms with E-state index in [2.05, 4.69) is 37.2 Å². The highest BCUT2D eigenvalue weighted by atomic mass is 19.4. The van der Waals surface area contributed by atoms with Crippen molar-refractivity contribution < 1.29 is 18.0 Å². The molecule has 1 amide bonds. The first kappa shape index (κ1) is 24.4. The third kappa shape index (κ3) is 5.46. The van der Waals surface area contributed by atoms with Crippen LogP contribution in [0.25, 0.3) is 16.9 Å². The van der Waals surface area contributed by atoms with Gasteiger partial charge in [-0.05, 0) is 55.6 Å². The van der Waals surface area contributed by atoms with Crippen molar-refractivity contribution in [2.75, 3.05) is 43.4 Å². The van der Waals surface area contributed by atoms with E-state index in [4.69, 9.17) is 0 Å². The first-order valence-corrected chi connectivity index (χ1v) is 11.7. The lowest BCUT2D eigenvalue weighted by Crippen LogP contribution is -2.44. The Morgan fingerprint density at radius 1 is 0.946 bits per heavy atom. The van der Waals surface area contributed by atoms with Crippen LogP contribution >= 0.6 is 0 Å². The summed E-state index contributed by atoms with van der Waals surface area (Å²) in [4.78, 5) is 25.4. The van der Waals surface area contributed by atoms with E-state index in [1.165, 1.54) is 30.7 Å². The Morgan fingerprint density at radius 2 is 1.76 bits per heavy atom. The summed E-state index contributed by atoms with van der Waals surface area (Å²) in [6.45, 7) is 3.65. The van der Waals surface area contributed by atoms with Crippen LogP contribution in [0, 0.1) is 0 Å². The highest BCUT2D eigenvalue weighted by molar-refractivity contribution is 6.04. The summed E-state index contributed by atoms with van der Waals surface area (Å²) < 4.78 is 42.0. The SMILES string of the molecule is CN1CCN(c2cccc(C(=O)Nc3ccc(-n4nc(-c5cccnc5)cc4C(F)(F)F)cn3)c2)CC1. The molecule has 4 aromatic rings. The van der Waals surface area contributed by atoms with Gasteiger partial charge in [-0.25, -0.2) is 9.67 Å². The summed E-state index contributed by atoms with van der Waals surface area (Å²) >= 11 is 0. The Hall–Kier alpha value is -4.25. The number of anilines is 2. The Labute approximate surface area is 211 Å². The molecule has 4 heterocycles. The number of amides is 1. The molecule has 37 heavy (non-hydrogen) atoms. The Kier molecular flexibility index (Phi) is 6.62. The van der Waals surface area contributed by atoms with Crippen LogP contribution in [-0.2, 0) is 6.18 Å². The molecule has 1 N–H and O–H groups in total. The molecule has 1 fully saturated rings. The zero-order valence-corrected chi connectivity index (χ0v) is 20.0. The van der Waals surface area contributed by atoms with Gasteiger partial charge in [0.15, 0.2) is 0 Å². The van der Waals surface area contributed by atoms with Crippen LogP contribution < -0.4 is 10.2 Å². The molecular weight excluding hydrogens is 483 g/mol. The number of aromatic nitrogens is 4. The molecule has 0 bridgehead atoms. The van der Waals surface area contributed by atoms with Crippen molar-refractivity contribution in [2.45, 2.75) is 6.18 Å². The van der Waals surface area contributed by atoms with E-state index in [1.807, 2.05) is 18.2 Å². The van der Waals surface area contributed by atoms with Crippen molar-refractivity contribution >= 4 is 17.4 Å². The molecule has 190 valence electrons. The molecule has 1 aliphatic heterocycles. The van der Waals surface area contributed by atoms with Crippen molar-refractivity contribution in [3.8, 4) is 16.9 Å².